The minimum atomic E-state index is -0.363. The first kappa shape index (κ1) is 12.7. The lowest BCUT2D eigenvalue weighted by Crippen LogP contribution is -2.13. The van der Waals surface area contributed by atoms with Crippen molar-refractivity contribution in [2.45, 2.75) is 6.92 Å². The van der Waals surface area contributed by atoms with Gasteiger partial charge in [0, 0.05) is 5.56 Å². The molecule has 0 aromatic heterocycles. The molecule has 2 aromatic rings. The van der Waals surface area contributed by atoms with Gasteiger partial charge >= 0.3 is 0 Å². The van der Waals surface area contributed by atoms with Crippen LogP contribution in [-0.4, -0.2) is 11.0 Å². The maximum Gasteiger partial charge on any atom is 0.255 e. The first-order chi connectivity index (χ1) is 9.11. The van der Waals surface area contributed by atoms with Crippen LogP contribution in [0.15, 0.2) is 42.5 Å². The van der Waals surface area contributed by atoms with Gasteiger partial charge in [0.25, 0.3) is 5.91 Å². The molecule has 94 valence electrons. The standard InChI is InChI=1S/C15H12N2O2/c1-10-4-2-7-14(13(10)9-16)17-15(19)11-5-3-6-12(18)8-11/h2-8,18H,1H3,(H,17,19). The Hall–Kier alpha value is -2.80. The minimum Gasteiger partial charge on any atom is -0.508 e. The maximum absolute atomic E-state index is 12.0. The predicted octanol–water partition coefficient (Wildman–Crippen LogP) is 2.82. The van der Waals surface area contributed by atoms with Gasteiger partial charge in [-0.05, 0) is 36.8 Å². The molecule has 0 bridgehead atoms. The van der Waals surface area contributed by atoms with Crippen LogP contribution >= 0.6 is 0 Å². The van der Waals surface area contributed by atoms with E-state index in [0.29, 0.717) is 16.8 Å². The molecule has 2 rings (SSSR count). The fourth-order valence-electron chi connectivity index (χ4n) is 1.76. The third-order valence-corrected chi connectivity index (χ3v) is 2.74. The zero-order chi connectivity index (χ0) is 13.8. The summed E-state index contributed by atoms with van der Waals surface area (Å²) >= 11 is 0. The fraction of sp³-hybridized carbons (Fsp3) is 0.0667. The molecular formula is C15H12N2O2. The topological polar surface area (TPSA) is 73.1 Å². The van der Waals surface area contributed by atoms with Crippen molar-refractivity contribution in [2.24, 2.45) is 0 Å². The van der Waals surface area contributed by atoms with Gasteiger partial charge in [-0.2, -0.15) is 5.26 Å². The van der Waals surface area contributed by atoms with Crippen LogP contribution < -0.4 is 5.32 Å². The molecule has 0 saturated carbocycles. The number of nitrogens with zero attached hydrogens (tertiary/aromatic N) is 1. The number of carbonyl (C=O) groups is 1. The van der Waals surface area contributed by atoms with Crippen LogP contribution in [0.2, 0.25) is 0 Å². The smallest absolute Gasteiger partial charge is 0.255 e. The van der Waals surface area contributed by atoms with E-state index in [9.17, 15) is 9.90 Å². The van der Waals surface area contributed by atoms with Crippen molar-refractivity contribution < 1.29 is 9.90 Å². The van der Waals surface area contributed by atoms with Gasteiger partial charge in [-0.15, -0.1) is 0 Å². The number of phenols is 1. The van der Waals surface area contributed by atoms with E-state index in [1.807, 2.05) is 13.0 Å². The zero-order valence-corrected chi connectivity index (χ0v) is 10.3. The van der Waals surface area contributed by atoms with E-state index in [-0.39, 0.29) is 11.7 Å². The summed E-state index contributed by atoms with van der Waals surface area (Å²) in [5.41, 5.74) is 2.05. The molecule has 0 heterocycles. The Morgan fingerprint density at radius 3 is 2.68 bits per heavy atom. The molecule has 0 saturated heterocycles. The average Bonchev–Trinajstić information content (AvgIpc) is 2.39. The largest absolute Gasteiger partial charge is 0.508 e. The van der Waals surface area contributed by atoms with Gasteiger partial charge in [-0.25, -0.2) is 0 Å². The number of aromatic hydroxyl groups is 1. The predicted molar refractivity (Wildman–Crippen MR) is 72.0 cm³/mol. The van der Waals surface area contributed by atoms with E-state index in [4.69, 9.17) is 5.26 Å². The number of hydrogen-bond donors (Lipinski definition) is 2. The molecule has 0 radical (unpaired) electrons. The van der Waals surface area contributed by atoms with Crippen molar-refractivity contribution in [3.05, 3.63) is 59.2 Å². The maximum atomic E-state index is 12.0. The number of anilines is 1. The molecule has 0 aliphatic heterocycles. The second-order valence-electron chi connectivity index (χ2n) is 4.11. The van der Waals surface area contributed by atoms with Crippen LogP contribution in [0.1, 0.15) is 21.5 Å². The Balaban J connectivity index is 2.30. The van der Waals surface area contributed by atoms with Gasteiger partial charge in [0.15, 0.2) is 0 Å². The van der Waals surface area contributed by atoms with E-state index in [1.165, 1.54) is 12.1 Å². The summed E-state index contributed by atoms with van der Waals surface area (Å²) in [6.45, 7) is 1.81. The zero-order valence-electron chi connectivity index (χ0n) is 10.3. The first-order valence-corrected chi connectivity index (χ1v) is 5.72. The highest BCUT2D eigenvalue weighted by molar-refractivity contribution is 6.05. The van der Waals surface area contributed by atoms with Crippen LogP contribution in [0.3, 0.4) is 0 Å². The number of rotatable bonds is 2. The van der Waals surface area contributed by atoms with E-state index in [2.05, 4.69) is 11.4 Å². The van der Waals surface area contributed by atoms with Crippen LogP contribution in [0.25, 0.3) is 0 Å². The van der Waals surface area contributed by atoms with Crippen molar-refractivity contribution >= 4 is 11.6 Å². The van der Waals surface area contributed by atoms with Gasteiger partial charge < -0.3 is 10.4 Å². The molecule has 0 aliphatic carbocycles. The molecule has 0 spiro atoms. The normalized spacial score (nSPS) is 9.68. The lowest BCUT2D eigenvalue weighted by molar-refractivity contribution is 0.102. The second-order valence-corrected chi connectivity index (χ2v) is 4.11. The summed E-state index contributed by atoms with van der Waals surface area (Å²) in [4.78, 5) is 12.0. The highest BCUT2D eigenvalue weighted by atomic mass is 16.3. The monoisotopic (exact) mass is 252 g/mol. The SMILES string of the molecule is Cc1cccc(NC(=O)c2cccc(O)c2)c1C#N. The summed E-state index contributed by atoms with van der Waals surface area (Å²) in [7, 11) is 0. The molecule has 0 unspecified atom stereocenters. The van der Waals surface area contributed by atoms with Gasteiger partial charge in [-0.1, -0.05) is 18.2 Å². The van der Waals surface area contributed by atoms with Gasteiger partial charge in [0.2, 0.25) is 0 Å². The lowest BCUT2D eigenvalue weighted by atomic mass is 10.1. The number of carbonyl (C=O) groups excluding carboxylic acids is 1. The van der Waals surface area contributed by atoms with Gasteiger partial charge in [-0.3, -0.25) is 4.79 Å². The van der Waals surface area contributed by atoms with E-state index in [0.717, 1.165) is 5.56 Å². The molecule has 19 heavy (non-hydrogen) atoms. The molecular weight excluding hydrogens is 240 g/mol. The third-order valence-electron chi connectivity index (χ3n) is 2.74. The number of nitrogens with one attached hydrogen (secondary N) is 1. The molecule has 1 amide bonds. The molecule has 0 fully saturated rings. The number of benzene rings is 2. The van der Waals surface area contributed by atoms with Crippen molar-refractivity contribution in [3.8, 4) is 11.8 Å². The number of nitriles is 1. The Labute approximate surface area is 110 Å². The number of hydrogen-bond acceptors (Lipinski definition) is 3. The first-order valence-electron chi connectivity index (χ1n) is 5.72. The molecule has 2 N–H and O–H groups in total. The number of phenolic OH excluding ortho intramolecular Hbond substituents is 1. The van der Waals surface area contributed by atoms with Crippen LogP contribution in [0, 0.1) is 18.3 Å². The second kappa shape index (κ2) is 5.23. The lowest BCUT2D eigenvalue weighted by Gasteiger charge is -2.08. The number of amides is 1. The van der Waals surface area contributed by atoms with Crippen LogP contribution in [0.4, 0.5) is 5.69 Å². The van der Waals surface area contributed by atoms with E-state index in [1.54, 1.807) is 24.3 Å². The van der Waals surface area contributed by atoms with Crippen LogP contribution in [-0.2, 0) is 0 Å². The van der Waals surface area contributed by atoms with Gasteiger partial charge in [0.1, 0.15) is 11.8 Å². The average molecular weight is 252 g/mol. The molecule has 0 aliphatic rings. The van der Waals surface area contributed by atoms with Crippen molar-refractivity contribution in [1.29, 1.82) is 5.26 Å². The summed E-state index contributed by atoms with van der Waals surface area (Å²) in [6.07, 6.45) is 0. The summed E-state index contributed by atoms with van der Waals surface area (Å²) < 4.78 is 0. The van der Waals surface area contributed by atoms with Crippen LogP contribution in [0.5, 0.6) is 5.75 Å². The van der Waals surface area contributed by atoms with E-state index >= 15 is 0 Å². The molecule has 4 nitrogen and oxygen atoms in total. The molecule has 4 heteroatoms. The minimum absolute atomic E-state index is 0.0254. The summed E-state index contributed by atoms with van der Waals surface area (Å²) in [5, 5.41) is 21.1. The Kier molecular flexibility index (Phi) is 3.48. The summed E-state index contributed by atoms with van der Waals surface area (Å²) in [6, 6.07) is 13.4. The fourth-order valence-corrected chi connectivity index (χ4v) is 1.76. The molecule has 2 aromatic carbocycles. The Morgan fingerprint density at radius 2 is 2.00 bits per heavy atom. The Bertz CT molecular complexity index is 672. The van der Waals surface area contributed by atoms with Gasteiger partial charge in [0.05, 0.1) is 11.3 Å². The highest BCUT2D eigenvalue weighted by Crippen LogP contribution is 2.20. The van der Waals surface area contributed by atoms with Crippen molar-refractivity contribution in [3.63, 3.8) is 0 Å². The van der Waals surface area contributed by atoms with Crippen molar-refractivity contribution in [1.82, 2.24) is 0 Å². The Morgan fingerprint density at radius 1 is 1.26 bits per heavy atom. The highest BCUT2D eigenvalue weighted by Gasteiger charge is 2.10. The molecule has 0 atom stereocenters. The third kappa shape index (κ3) is 2.72. The quantitative estimate of drug-likeness (QED) is 0.863. The number of aryl methyl sites for hydroxylation is 1. The van der Waals surface area contributed by atoms with Crippen molar-refractivity contribution in [2.75, 3.05) is 5.32 Å². The summed E-state index contributed by atoms with van der Waals surface area (Å²) in [5.74, 6) is -0.338. The van der Waals surface area contributed by atoms with E-state index < -0.39 is 0 Å².